The molecule has 2 nitrogen and oxygen atoms in total. The van der Waals surface area contributed by atoms with Gasteiger partial charge in [0, 0.05) is 11.6 Å². The van der Waals surface area contributed by atoms with Gasteiger partial charge in [-0.3, -0.25) is 0 Å². The van der Waals surface area contributed by atoms with Crippen LogP contribution < -0.4 is 0 Å². The number of halogens is 2. The van der Waals surface area contributed by atoms with Crippen LogP contribution in [0.1, 0.15) is 5.01 Å². The molecule has 0 spiro atoms. The highest BCUT2D eigenvalue weighted by molar-refractivity contribution is 7.05. The van der Waals surface area contributed by atoms with Crippen molar-refractivity contribution in [3.05, 3.63) is 34.8 Å². The quantitative estimate of drug-likeness (QED) is 0.726. The van der Waals surface area contributed by atoms with Crippen LogP contribution in [0.3, 0.4) is 0 Å². The number of aromatic nitrogens is 2. The fourth-order valence-corrected chi connectivity index (χ4v) is 1.59. The fraction of sp³-hybridized carbons (Fsp3) is 0.111. The van der Waals surface area contributed by atoms with E-state index < -0.39 is 11.6 Å². The van der Waals surface area contributed by atoms with Crippen molar-refractivity contribution in [2.24, 2.45) is 0 Å². The van der Waals surface area contributed by atoms with Crippen LogP contribution in [-0.4, -0.2) is 9.36 Å². The number of rotatable bonds is 1. The lowest BCUT2D eigenvalue weighted by Crippen LogP contribution is -1.85. The smallest absolute Gasteiger partial charge is 0.173 e. The van der Waals surface area contributed by atoms with E-state index in [1.807, 2.05) is 0 Å². The zero-order valence-electron chi connectivity index (χ0n) is 7.29. The monoisotopic (exact) mass is 212 g/mol. The molecule has 0 fully saturated rings. The van der Waals surface area contributed by atoms with E-state index >= 15 is 0 Å². The second-order valence-electron chi connectivity index (χ2n) is 2.80. The summed E-state index contributed by atoms with van der Waals surface area (Å²) in [5, 5.41) is 0.768. The van der Waals surface area contributed by atoms with Crippen LogP contribution in [0.25, 0.3) is 11.4 Å². The molecule has 2 rings (SSSR count). The van der Waals surface area contributed by atoms with Gasteiger partial charge in [0.05, 0.1) is 0 Å². The van der Waals surface area contributed by atoms with Gasteiger partial charge in [0.2, 0.25) is 0 Å². The molecule has 1 aromatic heterocycles. The Hall–Kier alpha value is -1.36. The Balaban J connectivity index is 2.51. The summed E-state index contributed by atoms with van der Waals surface area (Å²) in [7, 11) is 0. The number of hydrogen-bond acceptors (Lipinski definition) is 3. The first-order valence-corrected chi connectivity index (χ1v) is 4.69. The molecule has 0 amide bonds. The van der Waals surface area contributed by atoms with Crippen LogP contribution in [0.4, 0.5) is 8.78 Å². The number of nitrogens with zero attached hydrogens (tertiary/aromatic N) is 2. The molecule has 0 aliphatic heterocycles. The van der Waals surface area contributed by atoms with Crippen LogP contribution in [0.5, 0.6) is 0 Å². The van der Waals surface area contributed by atoms with E-state index in [1.54, 1.807) is 6.92 Å². The normalized spacial score (nSPS) is 10.5. The number of aryl methyl sites for hydroxylation is 1. The van der Waals surface area contributed by atoms with Gasteiger partial charge >= 0.3 is 0 Å². The third-order valence-electron chi connectivity index (χ3n) is 1.65. The molecule has 0 radical (unpaired) electrons. The molecule has 0 aliphatic rings. The van der Waals surface area contributed by atoms with Crippen LogP contribution in [0.2, 0.25) is 0 Å². The maximum atomic E-state index is 12.8. The van der Waals surface area contributed by atoms with Gasteiger partial charge in [-0.25, -0.2) is 13.8 Å². The molecule has 1 heterocycles. The van der Waals surface area contributed by atoms with Gasteiger partial charge in [-0.05, 0) is 30.6 Å². The molecule has 0 bridgehead atoms. The van der Waals surface area contributed by atoms with Crippen molar-refractivity contribution in [3.63, 3.8) is 0 Å². The second-order valence-corrected chi connectivity index (χ2v) is 3.75. The Bertz CT molecular complexity index is 447. The van der Waals surface area contributed by atoms with Crippen LogP contribution in [0, 0.1) is 18.6 Å². The molecule has 1 aromatic carbocycles. The molecule has 0 saturated carbocycles. The van der Waals surface area contributed by atoms with E-state index in [0.29, 0.717) is 11.4 Å². The third kappa shape index (κ3) is 1.77. The zero-order valence-corrected chi connectivity index (χ0v) is 8.11. The van der Waals surface area contributed by atoms with Crippen molar-refractivity contribution in [1.29, 1.82) is 0 Å². The Morgan fingerprint density at radius 1 is 1.14 bits per heavy atom. The van der Waals surface area contributed by atoms with Crippen molar-refractivity contribution in [1.82, 2.24) is 9.36 Å². The summed E-state index contributed by atoms with van der Waals surface area (Å²) in [4.78, 5) is 4.04. The standard InChI is InChI=1S/C9H6F2N2S/c1-5-12-9(13-14-5)6-2-7(10)4-8(11)3-6/h2-4H,1H3. The fourth-order valence-electron chi connectivity index (χ4n) is 1.10. The molecule has 0 aliphatic carbocycles. The van der Waals surface area contributed by atoms with Gasteiger partial charge in [-0.15, -0.1) is 0 Å². The van der Waals surface area contributed by atoms with Crippen molar-refractivity contribution in [2.75, 3.05) is 0 Å². The average molecular weight is 212 g/mol. The molecule has 72 valence electrons. The number of benzene rings is 1. The average Bonchev–Trinajstić information content (AvgIpc) is 2.50. The van der Waals surface area contributed by atoms with E-state index in [9.17, 15) is 8.78 Å². The van der Waals surface area contributed by atoms with E-state index in [-0.39, 0.29) is 0 Å². The topological polar surface area (TPSA) is 25.8 Å². The molecule has 0 atom stereocenters. The van der Waals surface area contributed by atoms with Gasteiger partial charge in [0.15, 0.2) is 5.82 Å². The first-order valence-electron chi connectivity index (χ1n) is 3.92. The largest absolute Gasteiger partial charge is 0.220 e. The molecular weight excluding hydrogens is 206 g/mol. The Morgan fingerprint density at radius 2 is 1.79 bits per heavy atom. The highest BCUT2D eigenvalue weighted by Crippen LogP contribution is 2.19. The summed E-state index contributed by atoms with van der Waals surface area (Å²) in [5.41, 5.74) is 0.367. The summed E-state index contributed by atoms with van der Waals surface area (Å²) in [6, 6.07) is 3.25. The van der Waals surface area contributed by atoms with Gasteiger partial charge in [0.25, 0.3) is 0 Å². The van der Waals surface area contributed by atoms with Crippen molar-refractivity contribution in [3.8, 4) is 11.4 Å². The lowest BCUT2D eigenvalue weighted by atomic mass is 10.2. The number of hydrogen-bond donors (Lipinski definition) is 0. The predicted octanol–water partition coefficient (Wildman–Crippen LogP) is 2.79. The van der Waals surface area contributed by atoms with Crippen molar-refractivity contribution in [2.45, 2.75) is 6.92 Å². The lowest BCUT2D eigenvalue weighted by Gasteiger charge is -1.95. The van der Waals surface area contributed by atoms with Crippen LogP contribution in [-0.2, 0) is 0 Å². The van der Waals surface area contributed by atoms with Gasteiger partial charge in [0.1, 0.15) is 16.6 Å². The first-order chi connectivity index (χ1) is 6.65. The third-order valence-corrected chi connectivity index (χ3v) is 2.27. The summed E-state index contributed by atoms with van der Waals surface area (Å²) >= 11 is 1.20. The summed E-state index contributed by atoms with van der Waals surface area (Å²) < 4.78 is 29.6. The zero-order chi connectivity index (χ0) is 10.1. The Kier molecular flexibility index (Phi) is 2.25. The summed E-state index contributed by atoms with van der Waals surface area (Å²) in [5.74, 6) is -0.870. The lowest BCUT2D eigenvalue weighted by molar-refractivity contribution is 0.584. The van der Waals surface area contributed by atoms with Gasteiger partial charge < -0.3 is 0 Å². The van der Waals surface area contributed by atoms with Gasteiger partial charge in [-0.1, -0.05) is 0 Å². The highest BCUT2D eigenvalue weighted by atomic mass is 32.1. The SMILES string of the molecule is Cc1nc(-c2cc(F)cc(F)c2)ns1. The molecule has 0 saturated heterocycles. The van der Waals surface area contributed by atoms with E-state index in [4.69, 9.17) is 0 Å². The van der Waals surface area contributed by atoms with Gasteiger partial charge in [-0.2, -0.15) is 4.37 Å². The Morgan fingerprint density at radius 3 is 2.29 bits per heavy atom. The molecule has 14 heavy (non-hydrogen) atoms. The van der Waals surface area contributed by atoms with Crippen molar-refractivity contribution >= 4 is 11.5 Å². The van der Waals surface area contributed by atoms with E-state index in [2.05, 4.69) is 9.36 Å². The molecule has 2 aromatic rings. The maximum absolute atomic E-state index is 12.8. The minimum absolute atomic E-state index is 0.367. The first kappa shape index (κ1) is 9.21. The van der Waals surface area contributed by atoms with Crippen LogP contribution in [0.15, 0.2) is 18.2 Å². The Labute approximate surface area is 83.4 Å². The summed E-state index contributed by atoms with van der Waals surface area (Å²) in [6.45, 7) is 1.79. The van der Waals surface area contributed by atoms with E-state index in [1.165, 1.54) is 23.7 Å². The molecular formula is C9H6F2N2S. The molecule has 5 heteroatoms. The maximum Gasteiger partial charge on any atom is 0.173 e. The van der Waals surface area contributed by atoms with E-state index in [0.717, 1.165) is 11.1 Å². The molecule has 0 unspecified atom stereocenters. The molecule has 0 N–H and O–H groups in total. The predicted molar refractivity (Wildman–Crippen MR) is 50.0 cm³/mol. The minimum atomic E-state index is -0.618. The highest BCUT2D eigenvalue weighted by Gasteiger charge is 2.07. The minimum Gasteiger partial charge on any atom is -0.220 e. The van der Waals surface area contributed by atoms with Crippen LogP contribution >= 0.6 is 11.5 Å². The van der Waals surface area contributed by atoms with Crippen molar-refractivity contribution < 1.29 is 8.78 Å². The summed E-state index contributed by atoms with van der Waals surface area (Å²) in [6.07, 6.45) is 0. The second kappa shape index (κ2) is 3.42.